The van der Waals surface area contributed by atoms with E-state index in [-0.39, 0.29) is 31.0 Å². The molecule has 0 saturated heterocycles. The average Bonchev–Trinajstić information content (AvgIpc) is 3.46. The molecule has 178 valence electrons. The van der Waals surface area contributed by atoms with E-state index in [4.69, 9.17) is 4.74 Å². The first kappa shape index (κ1) is 22.7. The number of esters is 1. The van der Waals surface area contributed by atoms with Crippen LogP contribution in [0.3, 0.4) is 0 Å². The van der Waals surface area contributed by atoms with Crippen molar-refractivity contribution in [2.24, 2.45) is 0 Å². The van der Waals surface area contributed by atoms with Gasteiger partial charge in [-0.05, 0) is 60.9 Å². The molecular weight excluding hydrogens is 446 g/mol. The summed E-state index contributed by atoms with van der Waals surface area (Å²) in [6.45, 7) is 2.94. The summed E-state index contributed by atoms with van der Waals surface area (Å²) in [5.74, 6) is -0.328. The highest BCUT2D eigenvalue weighted by Crippen LogP contribution is 2.44. The number of carbonyl (C=O) groups excluding carboxylic acids is 2. The first-order valence-electron chi connectivity index (χ1n) is 12.1. The molecule has 5 rings (SSSR count). The van der Waals surface area contributed by atoms with Crippen LogP contribution in [-0.2, 0) is 35.3 Å². The number of amides is 2. The van der Waals surface area contributed by atoms with Crippen molar-refractivity contribution in [2.75, 3.05) is 13.7 Å². The fourth-order valence-corrected chi connectivity index (χ4v) is 6.55. The first-order valence-corrected chi connectivity index (χ1v) is 12.9. The molecule has 0 spiro atoms. The quantitative estimate of drug-likeness (QED) is 0.517. The topological polar surface area (TPSA) is 63.6 Å². The second-order valence-corrected chi connectivity index (χ2v) is 10.1. The van der Waals surface area contributed by atoms with Crippen molar-refractivity contribution in [3.05, 3.63) is 75.4 Å². The number of fused-ring (bicyclic) bond motifs is 5. The van der Waals surface area contributed by atoms with Gasteiger partial charge in [0.1, 0.15) is 5.00 Å². The van der Waals surface area contributed by atoms with Crippen LogP contribution in [0, 0.1) is 0 Å². The van der Waals surface area contributed by atoms with Crippen molar-refractivity contribution in [1.82, 2.24) is 14.8 Å². The molecule has 2 aliphatic rings. The van der Waals surface area contributed by atoms with Crippen molar-refractivity contribution in [3.63, 3.8) is 0 Å². The number of hydrogen-bond donors (Lipinski definition) is 1. The maximum Gasteiger partial charge on any atom is 0.318 e. The van der Waals surface area contributed by atoms with Gasteiger partial charge in [-0.25, -0.2) is 4.79 Å². The third kappa shape index (κ3) is 4.13. The molecule has 7 heteroatoms. The number of thiophene rings is 1. The molecule has 1 N–H and O–H groups in total. The number of carbonyl (C=O) groups is 2. The van der Waals surface area contributed by atoms with Gasteiger partial charge in [0.05, 0.1) is 31.8 Å². The number of rotatable bonds is 5. The van der Waals surface area contributed by atoms with Crippen molar-refractivity contribution >= 4 is 23.3 Å². The molecule has 6 nitrogen and oxygen atoms in total. The highest BCUT2D eigenvalue weighted by Gasteiger charge is 2.36. The molecule has 1 aliphatic heterocycles. The van der Waals surface area contributed by atoms with E-state index in [0.29, 0.717) is 6.54 Å². The van der Waals surface area contributed by atoms with E-state index in [1.54, 1.807) is 0 Å². The zero-order valence-electron chi connectivity index (χ0n) is 19.8. The molecule has 2 amide bonds. The SMILES string of the molecule is CCc1ccc([C@H]2c3cccn3-c3sc4c(c3CN2C(=O)NCCC(=O)OC)CCCC4)cc1. The van der Waals surface area contributed by atoms with E-state index in [2.05, 4.69) is 59.4 Å². The zero-order valence-corrected chi connectivity index (χ0v) is 20.6. The second-order valence-electron chi connectivity index (χ2n) is 8.98. The Bertz CT molecular complexity index is 1190. The lowest BCUT2D eigenvalue weighted by Gasteiger charge is -2.31. The number of nitrogens with one attached hydrogen (secondary N) is 1. The van der Waals surface area contributed by atoms with Gasteiger partial charge < -0.3 is 19.5 Å². The van der Waals surface area contributed by atoms with Gasteiger partial charge in [0.2, 0.25) is 0 Å². The van der Waals surface area contributed by atoms with Crippen LogP contribution in [0.25, 0.3) is 5.00 Å². The lowest BCUT2D eigenvalue weighted by atomic mass is 9.95. The number of benzene rings is 1. The Morgan fingerprint density at radius 2 is 1.91 bits per heavy atom. The molecule has 3 aromatic rings. The minimum Gasteiger partial charge on any atom is -0.469 e. The van der Waals surface area contributed by atoms with E-state index < -0.39 is 0 Å². The van der Waals surface area contributed by atoms with E-state index >= 15 is 0 Å². The highest BCUT2D eigenvalue weighted by atomic mass is 32.1. The Labute approximate surface area is 204 Å². The molecule has 1 aliphatic carbocycles. The molecule has 1 atom stereocenters. The van der Waals surface area contributed by atoms with Crippen molar-refractivity contribution in [3.8, 4) is 5.00 Å². The van der Waals surface area contributed by atoms with E-state index in [1.807, 2.05) is 16.2 Å². The van der Waals surface area contributed by atoms with E-state index in [0.717, 1.165) is 30.5 Å². The highest BCUT2D eigenvalue weighted by molar-refractivity contribution is 7.15. The van der Waals surface area contributed by atoms with Crippen molar-refractivity contribution in [1.29, 1.82) is 0 Å². The molecule has 0 radical (unpaired) electrons. The van der Waals surface area contributed by atoms with Crippen LogP contribution in [0.1, 0.15) is 65.1 Å². The number of urea groups is 1. The number of ether oxygens (including phenoxy) is 1. The van der Waals surface area contributed by atoms with Crippen LogP contribution in [0.4, 0.5) is 4.79 Å². The van der Waals surface area contributed by atoms with Gasteiger partial charge in [0.15, 0.2) is 0 Å². The van der Waals surface area contributed by atoms with Gasteiger partial charge in [-0.1, -0.05) is 31.2 Å². The third-order valence-electron chi connectivity index (χ3n) is 6.98. The first-order chi connectivity index (χ1) is 16.6. The molecule has 0 saturated carbocycles. The van der Waals surface area contributed by atoms with Crippen LogP contribution < -0.4 is 5.32 Å². The van der Waals surface area contributed by atoms with Gasteiger partial charge in [0, 0.05) is 23.2 Å². The molecule has 0 bridgehead atoms. The standard InChI is InChI=1S/C27H31N3O3S/c1-3-18-10-12-19(13-11-18)25-22-8-6-16-29(22)26-21(20-7-4-5-9-23(20)34-26)17-30(25)27(32)28-15-14-24(31)33-2/h6,8,10-13,16,25H,3-5,7,9,14-15,17H2,1-2H3,(H,28,32)/t25-/m0/s1. The molecular formula is C27H31N3O3S. The maximum atomic E-state index is 13.6. The van der Waals surface area contributed by atoms with E-state index in [1.165, 1.54) is 46.5 Å². The predicted octanol–water partition coefficient (Wildman–Crippen LogP) is 5.16. The van der Waals surface area contributed by atoms with Crippen LogP contribution >= 0.6 is 11.3 Å². The third-order valence-corrected chi connectivity index (χ3v) is 8.31. The number of hydrogen-bond acceptors (Lipinski definition) is 4. The minimum absolute atomic E-state index is 0.154. The zero-order chi connectivity index (χ0) is 23.7. The second kappa shape index (κ2) is 9.66. The average molecular weight is 478 g/mol. The molecule has 0 fully saturated rings. The summed E-state index contributed by atoms with van der Waals surface area (Å²) in [6.07, 6.45) is 7.88. The number of aryl methyl sites for hydroxylation is 2. The van der Waals surface area contributed by atoms with Crippen LogP contribution in [0.2, 0.25) is 0 Å². The van der Waals surface area contributed by atoms with E-state index in [9.17, 15) is 9.59 Å². The van der Waals surface area contributed by atoms with Gasteiger partial charge in [-0.3, -0.25) is 4.79 Å². The lowest BCUT2D eigenvalue weighted by Crippen LogP contribution is -2.42. The van der Waals surface area contributed by atoms with Crippen molar-refractivity contribution < 1.29 is 14.3 Å². The summed E-state index contributed by atoms with van der Waals surface area (Å²) in [5, 5.41) is 4.22. The Morgan fingerprint density at radius 3 is 2.68 bits per heavy atom. The summed E-state index contributed by atoms with van der Waals surface area (Å²) in [7, 11) is 1.37. The summed E-state index contributed by atoms with van der Waals surface area (Å²) >= 11 is 1.88. The summed E-state index contributed by atoms with van der Waals surface area (Å²) in [5.41, 5.74) is 6.15. The Balaban J connectivity index is 1.57. The summed E-state index contributed by atoms with van der Waals surface area (Å²) in [6, 6.07) is 12.4. The van der Waals surface area contributed by atoms with Crippen LogP contribution in [-0.4, -0.2) is 35.1 Å². The molecule has 0 unspecified atom stereocenters. The predicted molar refractivity (Wildman–Crippen MR) is 134 cm³/mol. The molecule has 3 heterocycles. The normalized spacial score (nSPS) is 16.8. The summed E-state index contributed by atoms with van der Waals surface area (Å²) < 4.78 is 7.03. The van der Waals surface area contributed by atoms with Gasteiger partial charge in [-0.15, -0.1) is 11.3 Å². The largest absolute Gasteiger partial charge is 0.469 e. The lowest BCUT2D eigenvalue weighted by molar-refractivity contribution is -0.140. The molecule has 1 aromatic carbocycles. The Kier molecular flexibility index (Phi) is 6.46. The fourth-order valence-electron chi connectivity index (χ4n) is 5.15. The van der Waals surface area contributed by atoms with Gasteiger partial charge >= 0.3 is 12.0 Å². The smallest absolute Gasteiger partial charge is 0.318 e. The minimum atomic E-state index is -0.328. The van der Waals surface area contributed by atoms with Crippen LogP contribution in [0.15, 0.2) is 42.6 Å². The fraction of sp³-hybridized carbons (Fsp3) is 0.407. The van der Waals surface area contributed by atoms with Gasteiger partial charge in [-0.2, -0.15) is 0 Å². The van der Waals surface area contributed by atoms with Crippen molar-refractivity contribution in [2.45, 2.75) is 58.0 Å². The number of nitrogens with zero attached hydrogens (tertiary/aromatic N) is 2. The summed E-state index contributed by atoms with van der Waals surface area (Å²) in [4.78, 5) is 28.6. The monoisotopic (exact) mass is 477 g/mol. The Morgan fingerprint density at radius 1 is 1.12 bits per heavy atom. The number of aromatic nitrogens is 1. The van der Waals surface area contributed by atoms with Gasteiger partial charge in [0.25, 0.3) is 0 Å². The molecule has 2 aromatic heterocycles. The molecule has 34 heavy (non-hydrogen) atoms. The van der Waals surface area contributed by atoms with Crippen LogP contribution in [0.5, 0.6) is 0 Å². The maximum absolute atomic E-state index is 13.6. The number of methoxy groups -OCH3 is 1. The Hall–Kier alpha value is -3.06.